The van der Waals surface area contributed by atoms with Crippen LogP contribution < -0.4 is 10.5 Å². The van der Waals surface area contributed by atoms with Crippen molar-refractivity contribution < 1.29 is 27.4 Å². The van der Waals surface area contributed by atoms with Crippen LogP contribution in [0.15, 0.2) is 18.2 Å². The normalized spacial score (nSPS) is 11.1. The largest absolute Gasteiger partial charge is 0.573 e. The molecule has 1 aromatic carbocycles. The van der Waals surface area contributed by atoms with Crippen molar-refractivity contribution in [3.8, 4) is 5.75 Å². The SMILES string of the molecule is COC(=O)c1ccc(OC(F)(F)F)c(CN)c1. The van der Waals surface area contributed by atoms with Gasteiger partial charge in [0.05, 0.1) is 12.7 Å². The van der Waals surface area contributed by atoms with Crippen LogP contribution >= 0.6 is 0 Å². The van der Waals surface area contributed by atoms with Gasteiger partial charge in [0.2, 0.25) is 0 Å². The number of benzene rings is 1. The summed E-state index contributed by atoms with van der Waals surface area (Å²) >= 11 is 0. The van der Waals surface area contributed by atoms with Crippen LogP contribution in [0.5, 0.6) is 5.75 Å². The Balaban J connectivity index is 3.05. The lowest BCUT2D eigenvalue weighted by Crippen LogP contribution is -2.19. The Bertz CT molecular complexity index is 418. The van der Waals surface area contributed by atoms with E-state index in [1.165, 1.54) is 19.2 Å². The van der Waals surface area contributed by atoms with Crippen LogP contribution in [-0.4, -0.2) is 19.4 Å². The van der Waals surface area contributed by atoms with Gasteiger partial charge in [0, 0.05) is 12.1 Å². The van der Waals surface area contributed by atoms with Crippen molar-refractivity contribution in [3.63, 3.8) is 0 Å². The molecule has 2 N–H and O–H groups in total. The number of carbonyl (C=O) groups excluding carboxylic acids is 1. The van der Waals surface area contributed by atoms with Crippen molar-refractivity contribution in [2.45, 2.75) is 12.9 Å². The Morgan fingerprint density at radius 1 is 1.41 bits per heavy atom. The van der Waals surface area contributed by atoms with Crippen molar-refractivity contribution >= 4 is 5.97 Å². The summed E-state index contributed by atoms with van der Waals surface area (Å²) in [6.45, 7) is -0.184. The molecular weight excluding hydrogens is 239 g/mol. The number of hydrogen-bond donors (Lipinski definition) is 1. The highest BCUT2D eigenvalue weighted by molar-refractivity contribution is 5.89. The molecule has 0 radical (unpaired) electrons. The minimum absolute atomic E-state index is 0.0743. The average Bonchev–Trinajstić information content (AvgIpc) is 2.26. The molecule has 0 spiro atoms. The molecule has 4 nitrogen and oxygen atoms in total. The molecule has 0 unspecified atom stereocenters. The van der Waals surface area contributed by atoms with E-state index in [0.29, 0.717) is 0 Å². The number of esters is 1. The Morgan fingerprint density at radius 3 is 2.53 bits per heavy atom. The van der Waals surface area contributed by atoms with Gasteiger partial charge in [0.1, 0.15) is 5.75 Å². The van der Waals surface area contributed by atoms with E-state index in [1.54, 1.807) is 0 Å². The van der Waals surface area contributed by atoms with Crippen LogP contribution in [0, 0.1) is 0 Å². The first-order valence-corrected chi connectivity index (χ1v) is 4.54. The number of methoxy groups -OCH3 is 1. The fourth-order valence-corrected chi connectivity index (χ4v) is 1.21. The average molecular weight is 249 g/mol. The highest BCUT2D eigenvalue weighted by Gasteiger charge is 2.32. The molecule has 7 heteroatoms. The summed E-state index contributed by atoms with van der Waals surface area (Å²) in [7, 11) is 1.17. The van der Waals surface area contributed by atoms with Gasteiger partial charge in [-0.05, 0) is 18.2 Å². The molecule has 0 bridgehead atoms. The van der Waals surface area contributed by atoms with Crippen LogP contribution in [0.1, 0.15) is 15.9 Å². The lowest BCUT2D eigenvalue weighted by atomic mass is 10.1. The maximum absolute atomic E-state index is 12.0. The van der Waals surface area contributed by atoms with Gasteiger partial charge in [-0.15, -0.1) is 13.2 Å². The number of halogens is 3. The second kappa shape index (κ2) is 5.05. The molecule has 0 amide bonds. The Hall–Kier alpha value is -1.76. The van der Waals surface area contributed by atoms with E-state index in [-0.39, 0.29) is 17.7 Å². The van der Waals surface area contributed by atoms with E-state index < -0.39 is 18.1 Å². The molecule has 0 aromatic heterocycles. The highest BCUT2D eigenvalue weighted by atomic mass is 19.4. The Morgan fingerprint density at radius 2 is 2.06 bits per heavy atom. The van der Waals surface area contributed by atoms with Gasteiger partial charge in [-0.25, -0.2) is 4.79 Å². The molecule has 0 aliphatic carbocycles. The zero-order chi connectivity index (χ0) is 13.1. The van der Waals surface area contributed by atoms with E-state index >= 15 is 0 Å². The molecule has 0 saturated heterocycles. The van der Waals surface area contributed by atoms with Crippen molar-refractivity contribution in [3.05, 3.63) is 29.3 Å². The van der Waals surface area contributed by atoms with Gasteiger partial charge < -0.3 is 15.2 Å². The van der Waals surface area contributed by atoms with E-state index in [9.17, 15) is 18.0 Å². The third kappa shape index (κ3) is 3.63. The zero-order valence-corrected chi connectivity index (χ0v) is 8.88. The van der Waals surface area contributed by atoms with Gasteiger partial charge in [-0.3, -0.25) is 0 Å². The van der Waals surface area contributed by atoms with E-state index in [0.717, 1.165) is 6.07 Å². The van der Waals surface area contributed by atoms with E-state index in [4.69, 9.17) is 5.73 Å². The molecule has 1 rings (SSSR count). The summed E-state index contributed by atoms with van der Waals surface area (Å²) < 4.78 is 44.3. The van der Waals surface area contributed by atoms with Gasteiger partial charge in [-0.2, -0.15) is 0 Å². The van der Waals surface area contributed by atoms with Gasteiger partial charge in [-0.1, -0.05) is 0 Å². The lowest BCUT2D eigenvalue weighted by molar-refractivity contribution is -0.274. The number of rotatable bonds is 3. The number of carbonyl (C=O) groups is 1. The van der Waals surface area contributed by atoms with Crippen molar-refractivity contribution in [1.82, 2.24) is 0 Å². The number of ether oxygens (including phenoxy) is 2. The summed E-state index contributed by atoms with van der Waals surface area (Å²) in [5.74, 6) is -1.08. The molecule has 0 aliphatic heterocycles. The summed E-state index contributed by atoms with van der Waals surface area (Å²) in [5.41, 5.74) is 5.47. The van der Waals surface area contributed by atoms with Crippen LogP contribution in [-0.2, 0) is 11.3 Å². The third-order valence-electron chi connectivity index (χ3n) is 1.93. The monoisotopic (exact) mass is 249 g/mol. The molecule has 0 atom stereocenters. The Labute approximate surface area is 95.1 Å². The van der Waals surface area contributed by atoms with Crippen molar-refractivity contribution in [2.75, 3.05) is 7.11 Å². The van der Waals surface area contributed by atoms with Gasteiger partial charge >= 0.3 is 12.3 Å². The molecule has 0 saturated carbocycles. The van der Waals surface area contributed by atoms with Crippen LogP contribution in [0.25, 0.3) is 0 Å². The number of nitrogens with two attached hydrogens (primary N) is 1. The predicted molar refractivity (Wildman–Crippen MR) is 52.4 cm³/mol. The number of alkyl halides is 3. The second-order valence-corrected chi connectivity index (χ2v) is 3.07. The van der Waals surface area contributed by atoms with Crippen LogP contribution in [0.3, 0.4) is 0 Å². The fourth-order valence-electron chi connectivity index (χ4n) is 1.21. The summed E-state index contributed by atoms with van der Waals surface area (Å²) in [6, 6.07) is 3.40. The molecule has 17 heavy (non-hydrogen) atoms. The predicted octanol–water partition coefficient (Wildman–Crippen LogP) is 1.83. The molecule has 0 heterocycles. The molecule has 0 fully saturated rings. The first-order chi connectivity index (χ1) is 7.87. The van der Waals surface area contributed by atoms with Gasteiger partial charge in [0.25, 0.3) is 0 Å². The first kappa shape index (κ1) is 13.3. The summed E-state index contributed by atoms with van der Waals surface area (Å²) in [4.78, 5) is 11.2. The molecule has 0 aliphatic rings. The summed E-state index contributed by atoms with van der Waals surface area (Å²) in [6.07, 6.45) is -4.79. The molecule has 1 aromatic rings. The third-order valence-corrected chi connectivity index (χ3v) is 1.93. The van der Waals surface area contributed by atoms with E-state index in [1.807, 2.05) is 0 Å². The molecular formula is C10H10F3NO3. The smallest absolute Gasteiger partial charge is 0.465 e. The Kier molecular flexibility index (Phi) is 3.95. The lowest BCUT2D eigenvalue weighted by Gasteiger charge is -2.13. The van der Waals surface area contributed by atoms with Gasteiger partial charge in [0.15, 0.2) is 0 Å². The minimum atomic E-state index is -4.79. The summed E-state index contributed by atoms with van der Waals surface area (Å²) in [5, 5.41) is 0. The maximum atomic E-state index is 12.0. The quantitative estimate of drug-likeness (QED) is 0.830. The standard InChI is InChI=1S/C10H10F3NO3/c1-16-9(15)6-2-3-8(7(4-6)5-14)17-10(11,12)13/h2-4H,5,14H2,1H3. The second-order valence-electron chi connectivity index (χ2n) is 3.07. The molecule has 94 valence electrons. The highest BCUT2D eigenvalue weighted by Crippen LogP contribution is 2.27. The van der Waals surface area contributed by atoms with Crippen LogP contribution in [0.2, 0.25) is 0 Å². The number of hydrogen-bond acceptors (Lipinski definition) is 4. The maximum Gasteiger partial charge on any atom is 0.573 e. The zero-order valence-electron chi connectivity index (χ0n) is 8.88. The topological polar surface area (TPSA) is 61.5 Å². The first-order valence-electron chi connectivity index (χ1n) is 4.54. The van der Waals surface area contributed by atoms with E-state index in [2.05, 4.69) is 9.47 Å². The van der Waals surface area contributed by atoms with Crippen molar-refractivity contribution in [1.29, 1.82) is 0 Å². The minimum Gasteiger partial charge on any atom is -0.465 e. The van der Waals surface area contributed by atoms with Crippen molar-refractivity contribution in [2.24, 2.45) is 5.73 Å². The van der Waals surface area contributed by atoms with Crippen LogP contribution in [0.4, 0.5) is 13.2 Å². The fraction of sp³-hybridized carbons (Fsp3) is 0.300.